The first-order valence-corrected chi connectivity index (χ1v) is 4.46. The molecule has 0 aromatic heterocycles. The number of rotatable bonds is 4. The molecule has 5 nitrogen and oxygen atoms in total. The van der Waals surface area contributed by atoms with Crippen molar-refractivity contribution in [3.05, 3.63) is 45.5 Å². The van der Waals surface area contributed by atoms with Gasteiger partial charge in [-0.2, -0.15) is 5.26 Å². The van der Waals surface area contributed by atoms with E-state index in [9.17, 15) is 14.9 Å². The van der Waals surface area contributed by atoms with Crippen LogP contribution in [-0.2, 0) is 0 Å². The van der Waals surface area contributed by atoms with Crippen molar-refractivity contribution >= 4 is 18.0 Å². The van der Waals surface area contributed by atoms with Crippen molar-refractivity contribution in [2.75, 3.05) is 0 Å². The molecule has 0 fully saturated rings. The monoisotopic (exact) mass is 216 g/mol. The summed E-state index contributed by atoms with van der Waals surface area (Å²) in [6.45, 7) is 0. The number of aldehydes is 1. The lowest BCUT2D eigenvalue weighted by Gasteiger charge is -1.98. The molecule has 0 aliphatic rings. The first-order chi connectivity index (χ1) is 7.69. The van der Waals surface area contributed by atoms with Crippen LogP contribution in [0.4, 0.5) is 5.69 Å². The number of nitriles is 1. The average Bonchev–Trinajstić information content (AvgIpc) is 2.29. The molecule has 0 aliphatic carbocycles. The van der Waals surface area contributed by atoms with Crippen molar-refractivity contribution < 1.29 is 9.72 Å². The lowest BCUT2D eigenvalue weighted by molar-refractivity contribution is -0.384. The van der Waals surface area contributed by atoms with E-state index in [0.29, 0.717) is 11.8 Å². The third-order valence-corrected chi connectivity index (χ3v) is 1.91. The van der Waals surface area contributed by atoms with E-state index in [0.717, 1.165) is 0 Å². The van der Waals surface area contributed by atoms with Crippen molar-refractivity contribution in [2.45, 2.75) is 6.42 Å². The predicted molar refractivity (Wildman–Crippen MR) is 57.7 cm³/mol. The Labute approximate surface area is 91.8 Å². The molecule has 0 unspecified atom stereocenters. The summed E-state index contributed by atoms with van der Waals surface area (Å²) in [5, 5.41) is 18.8. The van der Waals surface area contributed by atoms with Crippen LogP contribution in [0.1, 0.15) is 22.3 Å². The third kappa shape index (κ3) is 2.75. The van der Waals surface area contributed by atoms with Crippen molar-refractivity contribution in [1.82, 2.24) is 0 Å². The topological polar surface area (TPSA) is 84.0 Å². The minimum absolute atomic E-state index is 0.125. The minimum atomic E-state index is -0.560. The standard InChI is InChI=1S/C11H8N2O3/c12-6-2-1-3-9-4-5-11(13(15)16)7-10(9)8-14/h1,3-5,7-8H,2H2. The van der Waals surface area contributed by atoms with Gasteiger partial charge in [-0.15, -0.1) is 0 Å². The van der Waals surface area contributed by atoms with Crippen molar-refractivity contribution in [2.24, 2.45) is 0 Å². The van der Waals surface area contributed by atoms with Crippen molar-refractivity contribution in [3.63, 3.8) is 0 Å². The van der Waals surface area contributed by atoms with Crippen LogP contribution in [-0.4, -0.2) is 11.2 Å². The van der Waals surface area contributed by atoms with Crippen LogP contribution in [0.5, 0.6) is 0 Å². The number of nitro groups is 1. The Morgan fingerprint density at radius 3 is 2.75 bits per heavy atom. The molecule has 0 spiro atoms. The molecule has 0 bridgehead atoms. The molecule has 0 N–H and O–H groups in total. The SMILES string of the molecule is N#CCC=Cc1ccc([N+](=O)[O-])cc1C=O. The summed E-state index contributed by atoms with van der Waals surface area (Å²) in [5.41, 5.74) is 0.679. The van der Waals surface area contributed by atoms with Gasteiger partial charge in [-0.25, -0.2) is 0 Å². The number of allylic oxidation sites excluding steroid dienone is 1. The van der Waals surface area contributed by atoms with E-state index in [4.69, 9.17) is 5.26 Å². The number of nitro benzene ring substituents is 1. The summed E-state index contributed by atoms with van der Waals surface area (Å²) in [6.07, 6.45) is 3.97. The molecule has 16 heavy (non-hydrogen) atoms. The van der Waals surface area contributed by atoms with E-state index in [1.807, 2.05) is 6.07 Å². The summed E-state index contributed by atoms with van der Waals surface area (Å²) in [5.74, 6) is 0. The average molecular weight is 216 g/mol. The van der Waals surface area contributed by atoms with E-state index >= 15 is 0 Å². The summed E-state index contributed by atoms with van der Waals surface area (Å²) in [7, 11) is 0. The largest absolute Gasteiger partial charge is 0.298 e. The van der Waals surface area contributed by atoms with E-state index < -0.39 is 4.92 Å². The van der Waals surface area contributed by atoms with Gasteiger partial charge >= 0.3 is 0 Å². The second kappa shape index (κ2) is 5.41. The van der Waals surface area contributed by atoms with Gasteiger partial charge in [0.15, 0.2) is 6.29 Å². The Morgan fingerprint density at radius 1 is 1.44 bits per heavy atom. The van der Waals surface area contributed by atoms with Gasteiger partial charge in [0.2, 0.25) is 0 Å². The number of hydrogen-bond acceptors (Lipinski definition) is 4. The Kier molecular flexibility index (Phi) is 3.92. The van der Waals surface area contributed by atoms with Gasteiger partial charge in [-0.3, -0.25) is 14.9 Å². The van der Waals surface area contributed by atoms with Crippen LogP contribution in [0.2, 0.25) is 0 Å². The summed E-state index contributed by atoms with van der Waals surface area (Å²) in [6, 6.07) is 5.93. The lowest BCUT2D eigenvalue weighted by atomic mass is 10.1. The first kappa shape index (κ1) is 11.6. The van der Waals surface area contributed by atoms with E-state index in [1.165, 1.54) is 18.2 Å². The first-order valence-electron chi connectivity index (χ1n) is 4.46. The van der Waals surface area contributed by atoms with Gasteiger partial charge in [-0.05, 0) is 11.6 Å². The summed E-state index contributed by atoms with van der Waals surface area (Å²) < 4.78 is 0. The second-order valence-electron chi connectivity index (χ2n) is 2.95. The number of benzene rings is 1. The van der Waals surface area contributed by atoms with Crippen LogP contribution in [0.3, 0.4) is 0 Å². The normalized spacial score (nSPS) is 9.94. The van der Waals surface area contributed by atoms with Gasteiger partial charge in [0.1, 0.15) is 0 Å². The number of nitrogens with zero attached hydrogens (tertiary/aromatic N) is 2. The smallest absolute Gasteiger partial charge is 0.270 e. The summed E-state index contributed by atoms with van der Waals surface area (Å²) in [4.78, 5) is 20.6. The molecule has 0 heterocycles. The van der Waals surface area contributed by atoms with Crippen LogP contribution >= 0.6 is 0 Å². The molecule has 1 aromatic carbocycles. The molecule has 0 amide bonds. The zero-order chi connectivity index (χ0) is 12.0. The zero-order valence-electron chi connectivity index (χ0n) is 8.29. The van der Waals surface area contributed by atoms with Gasteiger partial charge < -0.3 is 0 Å². The highest BCUT2D eigenvalue weighted by atomic mass is 16.6. The third-order valence-electron chi connectivity index (χ3n) is 1.91. The maximum atomic E-state index is 10.7. The Morgan fingerprint density at radius 2 is 2.19 bits per heavy atom. The predicted octanol–water partition coefficient (Wildman–Crippen LogP) is 2.33. The fraction of sp³-hybridized carbons (Fsp3) is 0.0909. The maximum Gasteiger partial charge on any atom is 0.270 e. The highest BCUT2D eigenvalue weighted by molar-refractivity contribution is 5.83. The Bertz CT molecular complexity index is 486. The van der Waals surface area contributed by atoms with Gasteiger partial charge in [-0.1, -0.05) is 12.2 Å². The Balaban J connectivity index is 3.08. The lowest BCUT2D eigenvalue weighted by Crippen LogP contribution is -1.92. The quantitative estimate of drug-likeness (QED) is 0.439. The van der Waals surface area contributed by atoms with Crippen LogP contribution in [0, 0.1) is 21.4 Å². The molecule has 0 radical (unpaired) electrons. The molecule has 0 aliphatic heterocycles. The highest BCUT2D eigenvalue weighted by Crippen LogP contribution is 2.17. The molecule has 80 valence electrons. The Hall–Kier alpha value is -2.48. The van der Waals surface area contributed by atoms with E-state index in [1.54, 1.807) is 12.2 Å². The summed E-state index contributed by atoms with van der Waals surface area (Å²) >= 11 is 0. The minimum Gasteiger partial charge on any atom is -0.298 e. The molecule has 1 aromatic rings. The number of carbonyl (C=O) groups is 1. The highest BCUT2D eigenvalue weighted by Gasteiger charge is 2.08. The molecule has 0 atom stereocenters. The number of hydrogen-bond donors (Lipinski definition) is 0. The maximum absolute atomic E-state index is 10.7. The molecule has 0 saturated heterocycles. The van der Waals surface area contributed by atoms with Crippen LogP contribution in [0.25, 0.3) is 6.08 Å². The number of carbonyl (C=O) groups excluding carboxylic acids is 1. The second-order valence-corrected chi connectivity index (χ2v) is 2.95. The van der Waals surface area contributed by atoms with Crippen molar-refractivity contribution in [3.8, 4) is 6.07 Å². The van der Waals surface area contributed by atoms with Gasteiger partial charge in [0.25, 0.3) is 5.69 Å². The van der Waals surface area contributed by atoms with Gasteiger partial charge in [0.05, 0.1) is 17.4 Å². The number of non-ortho nitro benzene ring substituents is 1. The molecule has 5 heteroatoms. The molecular formula is C11H8N2O3. The van der Waals surface area contributed by atoms with Gasteiger partial charge in [0, 0.05) is 17.7 Å². The fourth-order valence-corrected chi connectivity index (χ4v) is 1.17. The van der Waals surface area contributed by atoms with E-state index in [2.05, 4.69) is 0 Å². The molecule has 1 rings (SSSR count). The fourth-order valence-electron chi connectivity index (χ4n) is 1.17. The van der Waals surface area contributed by atoms with Crippen LogP contribution in [0.15, 0.2) is 24.3 Å². The molecular weight excluding hydrogens is 208 g/mol. The van der Waals surface area contributed by atoms with Crippen molar-refractivity contribution in [1.29, 1.82) is 5.26 Å². The molecule has 0 saturated carbocycles. The van der Waals surface area contributed by atoms with Crippen LogP contribution < -0.4 is 0 Å². The van der Waals surface area contributed by atoms with E-state index in [-0.39, 0.29) is 17.7 Å². The zero-order valence-corrected chi connectivity index (χ0v) is 8.29.